The predicted molar refractivity (Wildman–Crippen MR) is 77.0 cm³/mol. The first-order valence-corrected chi connectivity index (χ1v) is 7.18. The monoisotopic (exact) mass is 293 g/mol. The van der Waals surface area contributed by atoms with Gasteiger partial charge in [-0.25, -0.2) is 4.39 Å². The topological polar surface area (TPSA) is 50.9 Å². The number of thioether (sulfide) groups is 1. The molecule has 0 bridgehead atoms. The second-order valence-electron chi connectivity index (χ2n) is 4.28. The Kier molecular flexibility index (Phi) is 4.92. The summed E-state index contributed by atoms with van der Waals surface area (Å²) in [5, 5.41) is 18.8. The molecule has 0 spiro atoms. The number of aryl methyl sites for hydroxylation is 1. The van der Waals surface area contributed by atoms with E-state index in [0.29, 0.717) is 23.0 Å². The fourth-order valence-corrected chi connectivity index (χ4v) is 2.74. The molecule has 20 heavy (non-hydrogen) atoms. The van der Waals surface area contributed by atoms with Gasteiger partial charge in [0.15, 0.2) is 5.16 Å². The Bertz CT molecular complexity index is 600. The van der Waals surface area contributed by atoms with Gasteiger partial charge in [0.05, 0.1) is 6.10 Å². The van der Waals surface area contributed by atoms with Crippen LogP contribution in [0.2, 0.25) is 0 Å². The fraction of sp³-hybridized carbons (Fsp3) is 0.286. The zero-order valence-corrected chi connectivity index (χ0v) is 12.0. The van der Waals surface area contributed by atoms with Gasteiger partial charge in [0.25, 0.3) is 0 Å². The van der Waals surface area contributed by atoms with Gasteiger partial charge in [0.2, 0.25) is 0 Å². The van der Waals surface area contributed by atoms with E-state index < -0.39 is 11.9 Å². The molecule has 0 radical (unpaired) electrons. The highest BCUT2D eigenvalue weighted by molar-refractivity contribution is 7.99. The zero-order valence-electron chi connectivity index (χ0n) is 11.2. The third-order valence-electron chi connectivity index (χ3n) is 2.85. The number of hydrogen-bond acceptors (Lipinski definition) is 4. The standard InChI is InChI=1S/C14H16FN3OS/c1-3-8-18-10(2)16-17-14(18)20-9-13(19)11-6-4-5-7-12(11)15/h3-7,13,19H,1,8-9H2,2H3. The summed E-state index contributed by atoms with van der Waals surface area (Å²) in [6.07, 6.45) is 0.878. The van der Waals surface area contributed by atoms with Crippen LogP contribution in [0.3, 0.4) is 0 Å². The quantitative estimate of drug-likeness (QED) is 0.657. The summed E-state index contributed by atoms with van der Waals surface area (Å²) >= 11 is 1.34. The van der Waals surface area contributed by atoms with E-state index >= 15 is 0 Å². The van der Waals surface area contributed by atoms with Gasteiger partial charge >= 0.3 is 0 Å². The Balaban J connectivity index is 2.05. The summed E-state index contributed by atoms with van der Waals surface area (Å²) in [5.74, 6) is 0.702. The predicted octanol–water partition coefficient (Wildman–Crippen LogP) is 2.74. The second-order valence-corrected chi connectivity index (χ2v) is 5.26. The lowest BCUT2D eigenvalue weighted by molar-refractivity contribution is 0.199. The Labute approximate surface area is 121 Å². The molecule has 4 nitrogen and oxygen atoms in total. The molecule has 0 saturated heterocycles. The van der Waals surface area contributed by atoms with Crippen molar-refractivity contribution >= 4 is 11.8 Å². The molecule has 1 unspecified atom stereocenters. The number of hydrogen-bond donors (Lipinski definition) is 1. The van der Waals surface area contributed by atoms with E-state index in [1.54, 1.807) is 24.3 Å². The van der Waals surface area contributed by atoms with Gasteiger partial charge in [0, 0.05) is 17.9 Å². The molecular formula is C14H16FN3OS. The highest BCUT2D eigenvalue weighted by atomic mass is 32.2. The van der Waals surface area contributed by atoms with Crippen molar-refractivity contribution < 1.29 is 9.50 Å². The van der Waals surface area contributed by atoms with Gasteiger partial charge in [-0.05, 0) is 13.0 Å². The lowest BCUT2D eigenvalue weighted by Crippen LogP contribution is -2.05. The van der Waals surface area contributed by atoms with E-state index in [4.69, 9.17) is 0 Å². The van der Waals surface area contributed by atoms with Crippen molar-refractivity contribution in [3.05, 3.63) is 54.1 Å². The van der Waals surface area contributed by atoms with Crippen LogP contribution in [0.25, 0.3) is 0 Å². The number of allylic oxidation sites excluding steroid dienone is 1. The van der Waals surface area contributed by atoms with Gasteiger partial charge in [-0.2, -0.15) is 0 Å². The Morgan fingerprint density at radius 3 is 2.90 bits per heavy atom. The second kappa shape index (κ2) is 6.67. The first-order valence-electron chi connectivity index (χ1n) is 6.19. The molecule has 6 heteroatoms. The number of benzene rings is 1. The van der Waals surface area contributed by atoms with Crippen molar-refractivity contribution in [2.75, 3.05) is 5.75 Å². The van der Waals surface area contributed by atoms with Crippen LogP contribution in [-0.4, -0.2) is 25.6 Å². The van der Waals surface area contributed by atoms with Gasteiger partial charge in [-0.3, -0.25) is 0 Å². The van der Waals surface area contributed by atoms with Crippen molar-refractivity contribution in [3.63, 3.8) is 0 Å². The maximum Gasteiger partial charge on any atom is 0.191 e. The van der Waals surface area contributed by atoms with Crippen LogP contribution in [0.1, 0.15) is 17.5 Å². The molecule has 0 amide bonds. The van der Waals surface area contributed by atoms with Crippen molar-refractivity contribution in [2.24, 2.45) is 0 Å². The maximum atomic E-state index is 13.6. The molecule has 1 aromatic carbocycles. The lowest BCUT2D eigenvalue weighted by atomic mass is 10.1. The number of halogens is 1. The Morgan fingerprint density at radius 1 is 1.45 bits per heavy atom. The molecule has 0 aliphatic carbocycles. The minimum absolute atomic E-state index is 0.298. The lowest BCUT2D eigenvalue weighted by Gasteiger charge is -2.11. The molecule has 0 fully saturated rings. The van der Waals surface area contributed by atoms with Gasteiger partial charge < -0.3 is 9.67 Å². The van der Waals surface area contributed by atoms with Crippen LogP contribution in [0.5, 0.6) is 0 Å². The summed E-state index contributed by atoms with van der Waals surface area (Å²) in [6, 6.07) is 6.23. The molecule has 0 aliphatic rings. The minimum atomic E-state index is -0.879. The first-order chi connectivity index (χ1) is 9.63. The van der Waals surface area contributed by atoms with Crippen LogP contribution >= 0.6 is 11.8 Å². The van der Waals surface area contributed by atoms with E-state index in [0.717, 1.165) is 5.82 Å². The van der Waals surface area contributed by atoms with E-state index in [9.17, 15) is 9.50 Å². The zero-order chi connectivity index (χ0) is 14.5. The summed E-state index contributed by atoms with van der Waals surface area (Å²) in [5.41, 5.74) is 0.298. The average molecular weight is 293 g/mol. The smallest absolute Gasteiger partial charge is 0.191 e. The third-order valence-corrected chi connectivity index (χ3v) is 3.89. The molecule has 0 aliphatic heterocycles. The van der Waals surface area contributed by atoms with Crippen LogP contribution in [0.4, 0.5) is 4.39 Å². The summed E-state index contributed by atoms with van der Waals surface area (Å²) in [7, 11) is 0. The molecule has 1 heterocycles. The SMILES string of the molecule is C=CCn1c(C)nnc1SCC(O)c1ccccc1F. The van der Waals surface area contributed by atoms with E-state index in [1.165, 1.54) is 17.8 Å². The highest BCUT2D eigenvalue weighted by Gasteiger charge is 2.15. The van der Waals surface area contributed by atoms with Crippen LogP contribution in [0.15, 0.2) is 42.1 Å². The summed E-state index contributed by atoms with van der Waals surface area (Å²) in [4.78, 5) is 0. The molecule has 1 aromatic heterocycles. The highest BCUT2D eigenvalue weighted by Crippen LogP contribution is 2.25. The van der Waals surface area contributed by atoms with Crippen LogP contribution in [-0.2, 0) is 6.54 Å². The average Bonchev–Trinajstić information content (AvgIpc) is 2.78. The minimum Gasteiger partial charge on any atom is -0.387 e. The summed E-state index contributed by atoms with van der Waals surface area (Å²) in [6.45, 7) is 6.15. The van der Waals surface area contributed by atoms with Gasteiger partial charge in [0.1, 0.15) is 11.6 Å². The molecule has 106 valence electrons. The summed E-state index contributed by atoms with van der Waals surface area (Å²) < 4.78 is 15.4. The van der Waals surface area contributed by atoms with E-state index in [1.807, 2.05) is 11.5 Å². The van der Waals surface area contributed by atoms with Crippen LogP contribution < -0.4 is 0 Å². The van der Waals surface area contributed by atoms with E-state index in [-0.39, 0.29) is 0 Å². The molecule has 0 saturated carbocycles. The molecule has 2 rings (SSSR count). The molecular weight excluding hydrogens is 277 g/mol. The number of aromatic nitrogens is 3. The van der Waals surface area contributed by atoms with Crippen molar-refractivity contribution in [1.82, 2.24) is 14.8 Å². The number of nitrogens with zero attached hydrogens (tertiary/aromatic N) is 3. The van der Waals surface area contributed by atoms with Crippen molar-refractivity contribution in [2.45, 2.75) is 24.7 Å². The third kappa shape index (κ3) is 3.26. The Hall–Kier alpha value is -1.66. The molecule has 1 N–H and O–H groups in total. The normalized spacial score (nSPS) is 12.3. The number of aliphatic hydroxyl groups excluding tert-OH is 1. The number of aliphatic hydroxyl groups is 1. The van der Waals surface area contributed by atoms with Crippen molar-refractivity contribution in [3.8, 4) is 0 Å². The number of rotatable bonds is 6. The van der Waals surface area contributed by atoms with Gasteiger partial charge in [-0.15, -0.1) is 16.8 Å². The first kappa shape index (κ1) is 14.7. The molecule has 1 atom stereocenters. The fourth-order valence-electron chi connectivity index (χ4n) is 1.80. The van der Waals surface area contributed by atoms with Gasteiger partial charge in [-0.1, -0.05) is 36.0 Å². The largest absolute Gasteiger partial charge is 0.387 e. The van der Waals surface area contributed by atoms with Crippen LogP contribution in [0, 0.1) is 12.7 Å². The van der Waals surface area contributed by atoms with E-state index in [2.05, 4.69) is 16.8 Å². The Morgan fingerprint density at radius 2 is 2.20 bits per heavy atom. The van der Waals surface area contributed by atoms with Crippen molar-refractivity contribution in [1.29, 1.82) is 0 Å². The molecule has 2 aromatic rings. The maximum absolute atomic E-state index is 13.6.